The summed E-state index contributed by atoms with van der Waals surface area (Å²) in [6.07, 6.45) is 8.31. The fourth-order valence-electron chi connectivity index (χ4n) is 4.12. The number of piperazine rings is 1. The molecule has 26 heavy (non-hydrogen) atoms. The number of guanidine groups is 1. The van der Waals surface area contributed by atoms with Gasteiger partial charge in [-0.15, -0.1) is 22.7 Å². The Kier molecular flexibility index (Phi) is 5.45. The maximum atomic E-state index is 6.39. The SMILES string of the molecule is NC(=NCC1(c2cccs2)CCCCC1)N1CCN(c2nccs2)CC1. The number of anilines is 1. The maximum Gasteiger partial charge on any atom is 0.191 e. The van der Waals surface area contributed by atoms with Gasteiger partial charge >= 0.3 is 0 Å². The number of aromatic nitrogens is 1. The largest absolute Gasteiger partial charge is 0.370 e. The van der Waals surface area contributed by atoms with E-state index in [9.17, 15) is 0 Å². The summed E-state index contributed by atoms with van der Waals surface area (Å²) in [6, 6.07) is 4.45. The second kappa shape index (κ2) is 7.96. The van der Waals surface area contributed by atoms with E-state index in [0.29, 0.717) is 5.96 Å². The number of thiazole rings is 1. The van der Waals surface area contributed by atoms with Crippen molar-refractivity contribution >= 4 is 33.8 Å². The smallest absolute Gasteiger partial charge is 0.191 e. The van der Waals surface area contributed by atoms with E-state index in [2.05, 4.69) is 32.3 Å². The first kappa shape index (κ1) is 17.8. The first-order valence-electron chi connectivity index (χ1n) is 9.50. The highest BCUT2D eigenvalue weighted by molar-refractivity contribution is 7.13. The zero-order chi connectivity index (χ0) is 17.8. The van der Waals surface area contributed by atoms with E-state index in [1.54, 1.807) is 11.3 Å². The highest BCUT2D eigenvalue weighted by Gasteiger charge is 2.35. The number of aliphatic imine (C=N–C) groups is 1. The molecule has 140 valence electrons. The molecule has 2 aliphatic rings. The predicted octanol–water partition coefficient (Wildman–Crippen LogP) is 3.54. The van der Waals surface area contributed by atoms with Crippen LogP contribution in [0.1, 0.15) is 37.0 Å². The van der Waals surface area contributed by atoms with E-state index in [4.69, 9.17) is 10.7 Å². The Morgan fingerprint density at radius 2 is 1.92 bits per heavy atom. The van der Waals surface area contributed by atoms with E-state index >= 15 is 0 Å². The van der Waals surface area contributed by atoms with Crippen LogP contribution in [0.3, 0.4) is 0 Å². The molecule has 2 aromatic rings. The van der Waals surface area contributed by atoms with Crippen LogP contribution in [0, 0.1) is 0 Å². The van der Waals surface area contributed by atoms with Crippen LogP contribution in [0.25, 0.3) is 0 Å². The Morgan fingerprint density at radius 1 is 1.12 bits per heavy atom. The number of nitrogens with two attached hydrogens (primary N) is 1. The molecule has 2 fully saturated rings. The van der Waals surface area contributed by atoms with Crippen LogP contribution in [0.5, 0.6) is 0 Å². The molecule has 4 rings (SSSR count). The second-order valence-electron chi connectivity index (χ2n) is 7.28. The average molecular weight is 390 g/mol. The second-order valence-corrected chi connectivity index (χ2v) is 9.10. The molecular weight excluding hydrogens is 362 g/mol. The first-order valence-corrected chi connectivity index (χ1v) is 11.3. The number of hydrogen-bond acceptors (Lipinski definition) is 5. The molecule has 2 aromatic heterocycles. The lowest BCUT2D eigenvalue weighted by molar-refractivity contribution is 0.304. The standard InChI is InChI=1S/C19H27N5S2/c20-17(23-9-11-24(12-10-23)18-21-8-14-26-18)22-15-19(6-2-1-3-7-19)16-5-4-13-25-16/h4-5,8,13-14H,1-3,6-7,9-12,15H2,(H2,20,22). The molecule has 1 aliphatic heterocycles. The first-order chi connectivity index (χ1) is 12.8. The van der Waals surface area contributed by atoms with Crippen LogP contribution >= 0.6 is 22.7 Å². The Bertz CT molecular complexity index is 696. The quantitative estimate of drug-likeness (QED) is 0.642. The van der Waals surface area contributed by atoms with Crippen molar-refractivity contribution in [3.63, 3.8) is 0 Å². The fraction of sp³-hybridized carbons (Fsp3) is 0.579. The summed E-state index contributed by atoms with van der Waals surface area (Å²) in [5, 5.41) is 5.33. The van der Waals surface area contributed by atoms with Crippen LogP contribution in [0.15, 0.2) is 34.1 Å². The zero-order valence-corrected chi connectivity index (χ0v) is 16.8. The molecule has 0 atom stereocenters. The lowest BCUT2D eigenvalue weighted by atomic mass is 9.73. The Labute approximate surface area is 163 Å². The molecule has 7 heteroatoms. The van der Waals surface area contributed by atoms with Crippen LogP contribution in [0.2, 0.25) is 0 Å². The summed E-state index contributed by atoms with van der Waals surface area (Å²) >= 11 is 3.58. The Balaban J connectivity index is 1.40. The third kappa shape index (κ3) is 3.74. The molecule has 1 saturated carbocycles. The summed E-state index contributed by atoms with van der Waals surface area (Å²) in [5.41, 5.74) is 6.60. The minimum Gasteiger partial charge on any atom is -0.370 e. The molecule has 0 spiro atoms. The maximum absolute atomic E-state index is 6.39. The molecule has 0 aromatic carbocycles. The van der Waals surface area contributed by atoms with Gasteiger partial charge in [-0.2, -0.15) is 0 Å². The van der Waals surface area contributed by atoms with E-state index in [1.807, 2.05) is 22.9 Å². The molecule has 5 nitrogen and oxygen atoms in total. The van der Waals surface area contributed by atoms with Gasteiger partial charge in [0.15, 0.2) is 11.1 Å². The highest BCUT2D eigenvalue weighted by atomic mass is 32.1. The van der Waals surface area contributed by atoms with Gasteiger partial charge in [0.05, 0.1) is 6.54 Å². The average Bonchev–Trinajstić information content (AvgIpc) is 3.41. The third-order valence-corrected chi connectivity index (χ3v) is 7.64. The summed E-state index contributed by atoms with van der Waals surface area (Å²) in [5.74, 6) is 0.713. The van der Waals surface area contributed by atoms with E-state index in [-0.39, 0.29) is 5.41 Å². The zero-order valence-electron chi connectivity index (χ0n) is 15.1. The molecule has 1 aliphatic carbocycles. The Hall–Kier alpha value is -1.60. The third-order valence-electron chi connectivity index (χ3n) is 5.69. The minimum atomic E-state index is 0.208. The minimum absolute atomic E-state index is 0.208. The van der Waals surface area contributed by atoms with Crippen LogP contribution in [-0.4, -0.2) is 48.6 Å². The normalized spacial score (nSPS) is 21.2. The predicted molar refractivity (Wildman–Crippen MR) is 111 cm³/mol. The van der Waals surface area contributed by atoms with Crippen molar-refractivity contribution in [2.24, 2.45) is 10.7 Å². The van der Waals surface area contributed by atoms with Crippen molar-refractivity contribution in [1.82, 2.24) is 9.88 Å². The topological polar surface area (TPSA) is 57.8 Å². The molecular formula is C19H27N5S2. The molecule has 2 N–H and O–H groups in total. The molecule has 0 bridgehead atoms. The van der Waals surface area contributed by atoms with E-state index in [1.165, 1.54) is 37.0 Å². The van der Waals surface area contributed by atoms with Crippen molar-refractivity contribution in [3.05, 3.63) is 34.0 Å². The number of nitrogens with zero attached hydrogens (tertiary/aromatic N) is 4. The summed E-state index contributed by atoms with van der Waals surface area (Å²) in [6.45, 7) is 4.58. The van der Waals surface area contributed by atoms with E-state index in [0.717, 1.165) is 37.9 Å². The van der Waals surface area contributed by atoms with Gasteiger partial charge in [0.1, 0.15) is 0 Å². The molecule has 1 saturated heterocycles. The van der Waals surface area contributed by atoms with Gasteiger partial charge in [0.25, 0.3) is 0 Å². The molecule has 0 unspecified atom stereocenters. The van der Waals surface area contributed by atoms with Crippen molar-refractivity contribution in [1.29, 1.82) is 0 Å². The summed E-state index contributed by atoms with van der Waals surface area (Å²) in [4.78, 5) is 15.3. The number of thiophene rings is 1. The molecule has 3 heterocycles. The van der Waals surface area contributed by atoms with Crippen molar-refractivity contribution < 1.29 is 0 Å². The van der Waals surface area contributed by atoms with Gasteiger partial charge in [0, 0.05) is 48.0 Å². The fourth-order valence-corrected chi connectivity index (χ4v) is 5.80. The van der Waals surface area contributed by atoms with Gasteiger partial charge in [0.2, 0.25) is 0 Å². The van der Waals surface area contributed by atoms with Crippen LogP contribution in [0.4, 0.5) is 5.13 Å². The van der Waals surface area contributed by atoms with E-state index < -0.39 is 0 Å². The van der Waals surface area contributed by atoms with Gasteiger partial charge in [-0.25, -0.2) is 4.98 Å². The van der Waals surface area contributed by atoms with Gasteiger partial charge in [-0.05, 0) is 24.3 Å². The van der Waals surface area contributed by atoms with Gasteiger partial charge < -0.3 is 15.5 Å². The highest BCUT2D eigenvalue weighted by Crippen LogP contribution is 2.41. The molecule has 0 radical (unpaired) electrons. The van der Waals surface area contributed by atoms with Crippen molar-refractivity contribution in [2.45, 2.75) is 37.5 Å². The Morgan fingerprint density at radius 3 is 2.58 bits per heavy atom. The monoisotopic (exact) mass is 389 g/mol. The molecule has 0 amide bonds. The number of rotatable bonds is 4. The van der Waals surface area contributed by atoms with Crippen LogP contribution in [-0.2, 0) is 5.41 Å². The van der Waals surface area contributed by atoms with Crippen molar-refractivity contribution in [3.8, 4) is 0 Å². The van der Waals surface area contributed by atoms with Gasteiger partial charge in [-0.3, -0.25) is 4.99 Å². The summed E-state index contributed by atoms with van der Waals surface area (Å²) in [7, 11) is 0. The number of hydrogen-bond donors (Lipinski definition) is 1. The lowest BCUT2D eigenvalue weighted by Gasteiger charge is -2.37. The van der Waals surface area contributed by atoms with Crippen molar-refractivity contribution in [2.75, 3.05) is 37.6 Å². The van der Waals surface area contributed by atoms with Gasteiger partial charge in [-0.1, -0.05) is 25.3 Å². The van der Waals surface area contributed by atoms with Crippen LogP contribution < -0.4 is 10.6 Å². The lowest BCUT2D eigenvalue weighted by Crippen LogP contribution is -2.51. The summed E-state index contributed by atoms with van der Waals surface area (Å²) < 4.78 is 0.